The number of nitriles is 1. The Labute approximate surface area is 307 Å². The largest absolute Gasteiger partial charge is 0.372 e. The van der Waals surface area contributed by atoms with Crippen molar-refractivity contribution < 1.29 is 35.5 Å². The van der Waals surface area contributed by atoms with Gasteiger partial charge in [0.15, 0.2) is 0 Å². The molecular weight excluding hydrogens is 761 g/mol. The molecule has 1 aromatic heterocycles. The van der Waals surface area contributed by atoms with Crippen molar-refractivity contribution in [1.82, 2.24) is 9.78 Å². The second kappa shape index (κ2) is 16.3. The van der Waals surface area contributed by atoms with Crippen LogP contribution in [0.4, 0.5) is 34.4 Å². The van der Waals surface area contributed by atoms with Crippen LogP contribution in [0.25, 0.3) is 10.5 Å². The van der Waals surface area contributed by atoms with Crippen molar-refractivity contribution in [3.05, 3.63) is 87.2 Å². The summed E-state index contributed by atoms with van der Waals surface area (Å²) in [5.41, 5.74) is 0.564. The summed E-state index contributed by atoms with van der Waals surface area (Å²) in [6.07, 6.45) is 0.136. The van der Waals surface area contributed by atoms with E-state index in [0.29, 0.717) is 12.2 Å². The molecule has 3 aromatic carbocycles. The van der Waals surface area contributed by atoms with Gasteiger partial charge in [-0.2, -0.15) is 22.1 Å². The molecule has 0 aliphatic heterocycles. The van der Waals surface area contributed by atoms with Crippen LogP contribution in [0.3, 0.4) is 0 Å². The summed E-state index contributed by atoms with van der Waals surface area (Å²) in [7, 11) is -8.72. The number of anilines is 3. The lowest BCUT2D eigenvalue weighted by Crippen LogP contribution is -2.25. The van der Waals surface area contributed by atoms with Crippen LogP contribution >= 0.6 is 23.2 Å². The lowest BCUT2D eigenvalue weighted by atomic mass is 10.2. The number of amides is 2. The zero-order valence-corrected chi connectivity index (χ0v) is 30.2. The maximum absolute atomic E-state index is 12.9. The van der Waals surface area contributed by atoms with E-state index in [1.807, 2.05) is 17.9 Å². The second-order valence-corrected chi connectivity index (χ2v) is 14.5. The Morgan fingerprint density at radius 1 is 1.06 bits per heavy atom. The SMILES string of the molecule is [C-]#[N+]c1nn(-c2c(Cl)cc(NC(=O)c3cccc(S(=O)(=O)O)c3)cc2Cl)c(N=Nc2ccc(N(CC)CCCS(=O)(=O)O)cc2NC(C)=O)c1C#N. The molecule has 17 nitrogen and oxygen atoms in total. The van der Waals surface area contributed by atoms with Crippen molar-refractivity contribution >= 4 is 89.6 Å². The number of carbonyl (C=O) groups is 2. The smallest absolute Gasteiger partial charge is 0.316 e. The first-order valence-corrected chi connectivity index (χ1v) is 18.6. The minimum absolute atomic E-state index is 0.0454. The van der Waals surface area contributed by atoms with E-state index in [-0.39, 0.29) is 68.5 Å². The summed E-state index contributed by atoms with van der Waals surface area (Å²) < 4.78 is 64.8. The third kappa shape index (κ3) is 9.67. The topological polar surface area (TPSA) is 241 Å². The number of rotatable bonds is 13. The normalized spacial score (nSPS) is 11.5. The van der Waals surface area contributed by atoms with Crippen LogP contribution in [0.2, 0.25) is 10.0 Å². The Bertz CT molecular complexity index is 2380. The van der Waals surface area contributed by atoms with Gasteiger partial charge in [-0.15, -0.1) is 14.9 Å². The molecule has 0 bridgehead atoms. The molecule has 52 heavy (non-hydrogen) atoms. The number of nitrogens with zero attached hydrogens (tertiary/aromatic N) is 7. The van der Waals surface area contributed by atoms with Gasteiger partial charge in [-0.1, -0.05) is 35.8 Å². The predicted octanol–water partition coefficient (Wildman–Crippen LogP) is 6.58. The van der Waals surface area contributed by atoms with Crippen LogP contribution in [0.1, 0.15) is 36.2 Å². The molecular formula is C31H27Cl2N9O8S2. The van der Waals surface area contributed by atoms with E-state index in [1.165, 1.54) is 37.3 Å². The number of halogens is 2. The zero-order chi connectivity index (χ0) is 38.4. The van der Waals surface area contributed by atoms with Crippen LogP contribution in [0, 0.1) is 17.9 Å². The van der Waals surface area contributed by atoms with E-state index >= 15 is 0 Å². The second-order valence-electron chi connectivity index (χ2n) is 10.7. The van der Waals surface area contributed by atoms with Crippen molar-refractivity contribution in [2.75, 3.05) is 34.4 Å². The van der Waals surface area contributed by atoms with Gasteiger partial charge in [-0.25, -0.2) is 0 Å². The summed E-state index contributed by atoms with van der Waals surface area (Å²) in [5.74, 6) is -2.26. The van der Waals surface area contributed by atoms with Gasteiger partial charge in [-0.3, -0.25) is 18.7 Å². The molecule has 0 unspecified atom stereocenters. The Morgan fingerprint density at radius 2 is 1.75 bits per heavy atom. The van der Waals surface area contributed by atoms with Gasteiger partial charge in [0.25, 0.3) is 26.1 Å². The fraction of sp³-hybridized carbons (Fsp3) is 0.194. The third-order valence-corrected chi connectivity index (χ3v) is 9.29. The number of benzene rings is 3. The molecule has 4 rings (SSSR count). The van der Waals surface area contributed by atoms with Crippen molar-refractivity contribution in [3.63, 3.8) is 0 Å². The molecule has 270 valence electrons. The van der Waals surface area contributed by atoms with Crippen LogP contribution < -0.4 is 15.5 Å². The van der Waals surface area contributed by atoms with Crippen molar-refractivity contribution in [2.24, 2.45) is 10.2 Å². The first-order valence-electron chi connectivity index (χ1n) is 14.8. The molecule has 1 heterocycles. The van der Waals surface area contributed by atoms with Gasteiger partial charge in [0.2, 0.25) is 11.7 Å². The summed E-state index contributed by atoms with van der Waals surface area (Å²) >= 11 is 13.2. The van der Waals surface area contributed by atoms with Crippen molar-refractivity contribution in [1.29, 1.82) is 5.26 Å². The number of nitrogens with one attached hydrogen (secondary N) is 2. The number of aromatic nitrogens is 2. The van der Waals surface area contributed by atoms with Gasteiger partial charge in [0.1, 0.15) is 16.9 Å². The van der Waals surface area contributed by atoms with Crippen molar-refractivity contribution in [3.8, 4) is 11.8 Å². The zero-order valence-electron chi connectivity index (χ0n) is 27.1. The fourth-order valence-electron chi connectivity index (χ4n) is 4.77. The Balaban J connectivity index is 1.72. The van der Waals surface area contributed by atoms with Gasteiger partial charge >= 0.3 is 5.82 Å². The van der Waals surface area contributed by atoms with E-state index in [2.05, 4.69) is 30.8 Å². The molecule has 0 aliphatic carbocycles. The molecule has 0 atom stereocenters. The highest BCUT2D eigenvalue weighted by molar-refractivity contribution is 7.86. The standard InChI is InChI=1S/C31H27Cl2N9O8S2/c1-4-41(11-6-12-51(45,46)47)21-9-10-26(27(16-21)36-18(2)43)38-39-30-23(17-34)29(35-3)40-42(30)28-24(32)14-20(15-25(28)33)37-31(44)19-7-5-8-22(13-19)52(48,49)50/h5,7-10,13-16H,4,6,11-12H2,1-2H3,(H,36,43)(H,37,44)(H,45,46,47)(H,48,49,50). The van der Waals surface area contributed by atoms with E-state index in [9.17, 15) is 36.2 Å². The Morgan fingerprint density at radius 3 is 2.33 bits per heavy atom. The molecule has 0 fully saturated rings. The van der Waals surface area contributed by atoms with Crippen LogP contribution in [-0.4, -0.2) is 66.4 Å². The maximum Gasteiger partial charge on any atom is 0.316 e. The molecule has 0 saturated heterocycles. The first kappa shape index (κ1) is 39.4. The summed E-state index contributed by atoms with van der Waals surface area (Å²) in [4.78, 5) is 29.6. The number of carbonyl (C=O) groups excluding carboxylic acids is 2. The minimum Gasteiger partial charge on any atom is -0.372 e. The molecule has 0 radical (unpaired) electrons. The third-order valence-electron chi connectivity index (χ3n) is 7.06. The molecule has 0 saturated carbocycles. The molecule has 4 N–H and O–H groups in total. The van der Waals surface area contributed by atoms with Crippen molar-refractivity contribution in [2.45, 2.75) is 25.2 Å². The molecule has 2 amide bonds. The number of azo groups is 1. The first-order chi connectivity index (χ1) is 24.4. The van der Waals surface area contributed by atoms with Crippen LogP contribution in [0.15, 0.2) is 69.7 Å². The molecule has 4 aromatic rings. The monoisotopic (exact) mass is 787 g/mol. The highest BCUT2D eigenvalue weighted by atomic mass is 35.5. The summed E-state index contributed by atoms with van der Waals surface area (Å²) in [6, 6.07) is 13.8. The maximum atomic E-state index is 12.9. The summed E-state index contributed by atoms with van der Waals surface area (Å²) in [6.45, 7) is 11.4. The Kier molecular flexibility index (Phi) is 12.3. The van der Waals surface area contributed by atoms with Crippen LogP contribution in [-0.2, 0) is 25.0 Å². The predicted molar refractivity (Wildman–Crippen MR) is 193 cm³/mol. The highest BCUT2D eigenvalue weighted by Gasteiger charge is 2.26. The average molecular weight is 789 g/mol. The average Bonchev–Trinajstić information content (AvgIpc) is 3.41. The Hall–Kier alpha value is -5.41. The van der Waals surface area contributed by atoms with Gasteiger partial charge < -0.3 is 20.4 Å². The lowest BCUT2D eigenvalue weighted by molar-refractivity contribution is -0.114. The minimum atomic E-state index is -4.57. The van der Waals surface area contributed by atoms with Gasteiger partial charge in [-0.05, 0) is 67.0 Å². The van der Waals surface area contributed by atoms with Gasteiger partial charge in [0.05, 0.1) is 32.5 Å². The van der Waals surface area contributed by atoms with E-state index < -0.39 is 42.7 Å². The fourth-order valence-corrected chi connectivity index (χ4v) is 6.44. The molecule has 0 aliphatic rings. The van der Waals surface area contributed by atoms with Gasteiger partial charge in [0, 0.05) is 37.0 Å². The number of hydrogen-bond acceptors (Lipinski definition) is 11. The van der Waals surface area contributed by atoms with Crippen LogP contribution in [0.5, 0.6) is 0 Å². The molecule has 0 spiro atoms. The van der Waals surface area contributed by atoms with E-state index in [0.717, 1.165) is 16.8 Å². The number of hydrogen-bond donors (Lipinski definition) is 4. The molecule has 21 heteroatoms. The van der Waals surface area contributed by atoms with E-state index in [1.54, 1.807) is 12.1 Å². The highest BCUT2D eigenvalue weighted by Crippen LogP contribution is 2.40. The summed E-state index contributed by atoms with van der Waals surface area (Å²) in [5, 5.41) is 27.4. The lowest BCUT2D eigenvalue weighted by Gasteiger charge is -2.24. The van der Waals surface area contributed by atoms with E-state index in [4.69, 9.17) is 34.3 Å². The quantitative estimate of drug-likeness (QED) is 0.0641.